The molecular weight excluding hydrogens is 401 g/mol. The van der Waals surface area contributed by atoms with Crippen molar-refractivity contribution in [2.24, 2.45) is 16.5 Å². The van der Waals surface area contributed by atoms with E-state index >= 15 is 0 Å². The summed E-state index contributed by atoms with van der Waals surface area (Å²) in [4.78, 5) is 22.3. The number of benzene rings is 1. The maximum absolute atomic E-state index is 14.4. The van der Waals surface area contributed by atoms with Crippen molar-refractivity contribution in [2.75, 3.05) is 7.11 Å². The van der Waals surface area contributed by atoms with Crippen LogP contribution in [0.25, 0.3) is 16.9 Å². The minimum absolute atomic E-state index is 0.110. The molecule has 11 heteroatoms. The van der Waals surface area contributed by atoms with Crippen LogP contribution in [0.1, 0.15) is 30.6 Å². The fourth-order valence-electron chi connectivity index (χ4n) is 3.85. The Morgan fingerprint density at radius 3 is 2.74 bits per heavy atom. The van der Waals surface area contributed by atoms with E-state index in [4.69, 9.17) is 16.2 Å². The van der Waals surface area contributed by atoms with Gasteiger partial charge < -0.3 is 26.1 Å². The fourth-order valence-corrected chi connectivity index (χ4v) is 3.85. The van der Waals surface area contributed by atoms with Gasteiger partial charge in [0, 0.05) is 11.8 Å². The molecule has 0 bridgehead atoms. The Labute approximate surface area is 176 Å². The Morgan fingerprint density at radius 1 is 1.23 bits per heavy atom. The average Bonchev–Trinajstić information content (AvgIpc) is 3.38. The number of aromatic amines is 1. The number of H-pyrrole nitrogens is 1. The summed E-state index contributed by atoms with van der Waals surface area (Å²) >= 11 is 0. The van der Waals surface area contributed by atoms with E-state index in [9.17, 15) is 4.39 Å². The Bertz CT molecular complexity index is 1300. The van der Waals surface area contributed by atoms with E-state index in [0.29, 0.717) is 28.5 Å². The van der Waals surface area contributed by atoms with E-state index in [1.54, 1.807) is 4.90 Å². The van der Waals surface area contributed by atoms with Gasteiger partial charge in [-0.2, -0.15) is 9.98 Å². The number of guanidine groups is 1. The standard InChI is InChI=1S/C20H20FN9O/c1-10(29-15(22)14-16(25-9-24-14)27-20(29)23)17-26-13-8-12(21)19(31-2)28-18(13)30(17)11-6-4-3-5-7-11/h3-10,15H,22H2,1-2H3,(H2,23,27)(H,24,25). The van der Waals surface area contributed by atoms with Crippen molar-refractivity contribution in [3.63, 3.8) is 0 Å². The lowest BCUT2D eigenvalue weighted by Gasteiger charge is -2.36. The van der Waals surface area contributed by atoms with E-state index in [-0.39, 0.29) is 11.8 Å². The van der Waals surface area contributed by atoms with Crippen LogP contribution in [0.3, 0.4) is 0 Å². The molecule has 5 rings (SSSR count). The maximum atomic E-state index is 14.4. The second-order valence-electron chi connectivity index (χ2n) is 7.10. The van der Waals surface area contributed by atoms with Crippen molar-refractivity contribution in [1.29, 1.82) is 0 Å². The number of hydrogen-bond acceptors (Lipinski definition) is 8. The van der Waals surface area contributed by atoms with Crippen LogP contribution in [0.5, 0.6) is 5.88 Å². The number of pyridine rings is 1. The lowest BCUT2D eigenvalue weighted by Crippen LogP contribution is -2.47. The quantitative estimate of drug-likeness (QED) is 0.460. The summed E-state index contributed by atoms with van der Waals surface area (Å²) in [6, 6.07) is 10.4. The van der Waals surface area contributed by atoms with E-state index in [0.717, 1.165) is 5.69 Å². The molecule has 0 spiro atoms. The Hall–Kier alpha value is -3.99. The van der Waals surface area contributed by atoms with Crippen molar-refractivity contribution in [3.8, 4) is 11.6 Å². The van der Waals surface area contributed by atoms with Crippen molar-refractivity contribution in [2.45, 2.75) is 19.1 Å². The number of nitrogens with two attached hydrogens (primary N) is 2. The first-order valence-electron chi connectivity index (χ1n) is 9.59. The Morgan fingerprint density at radius 2 is 2.00 bits per heavy atom. The third kappa shape index (κ3) is 2.89. The molecule has 31 heavy (non-hydrogen) atoms. The molecule has 5 N–H and O–H groups in total. The van der Waals surface area contributed by atoms with Crippen molar-refractivity contribution >= 4 is 22.9 Å². The zero-order valence-corrected chi connectivity index (χ0v) is 16.8. The topological polar surface area (TPSA) is 136 Å². The minimum Gasteiger partial charge on any atom is -0.479 e. The number of methoxy groups -OCH3 is 1. The lowest BCUT2D eigenvalue weighted by molar-refractivity contribution is 0.238. The molecule has 3 aromatic heterocycles. The third-order valence-electron chi connectivity index (χ3n) is 5.30. The monoisotopic (exact) mass is 421 g/mol. The second kappa shape index (κ2) is 7.06. The molecule has 158 valence electrons. The lowest BCUT2D eigenvalue weighted by atomic mass is 10.2. The minimum atomic E-state index is -0.642. The van der Waals surface area contributed by atoms with Crippen molar-refractivity contribution in [3.05, 3.63) is 60.1 Å². The SMILES string of the molecule is COc1nc2c(cc1F)nc(C(C)N1C(N)=Nc3[nH]cnc3C1N)n2-c1ccccc1. The molecular formula is C20H20FN9O. The number of rotatable bonds is 4. The van der Waals surface area contributed by atoms with Gasteiger partial charge in [-0.05, 0) is 19.1 Å². The van der Waals surface area contributed by atoms with E-state index in [1.165, 1.54) is 19.5 Å². The van der Waals surface area contributed by atoms with Gasteiger partial charge in [-0.25, -0.2) is 14.4 Å². The van der Waals surface area contributed by atoms with Crippen LogP contribution < -0.4 is 16.2 Å². The highest BCUT2D eigenvalue weighted by atomic mass is 19.1. The molecule has 10 nitrogen and oxygen atoms in total. The summed E-state index contributed by atoms with van der Waals surface area (Å²) in [7, 11) is 1.37. The number of halogens is 1. The van der Waals surface area contributed by atoms with Crippen molar-refractivity contribution < 1.29 is 9.13 Å². The highest BCUT2D eigenvalue weighted by Crippen LogP contribution is 2.36. The van der Waals surface area contributed by atoms with Gasteiger partial charge in [-0.1, -0.05) is 18.2 Å². The first-order valence-corrected chi connectivity index (χ1v) is 9.59. The fraction of sp³-hybridized carbons (Fsp3) is 0.200. The zero-order chi connectivity index (χ0) is 21.7. The molecule has 0 aliphatic carbocycles. The van der Waals surface area contributed by atoms with Crippen LogP contribution in [-0.2, 0) is 0 Å². The molecule has 1 aromatic carbocycles. The average molecular weight is 421 g/mol. The number of imidazole rings is 2. The number of hydrogen-bond donors (Lipinski definition) is 3. The summed E-state index contributed by atoms with van der Waals surface area (Å²) in [6.07, 6.45) is 0.880. The maximum Gasteiger partial charge on any atom is 0.252 e. The molecule has 1 aliphatic rings. The van der Waals surface area contributed by atoms with Crippen LogP contribution in [0, 0.1) is 5.82 Å². The molecule has 0 fully saturated rings. The predicted octanol–water partition coefficient (Wildman–Crippen LogP) is 2.27. The summed E-state index contributed by atoms with van der Waals surface area (Å²) in [5.74, 6) is 0.608. The molecule has 0 saturated heterocycles. The smallest absolute Gasteiger partial charge is 0.252 e. The number of para-hydroxylation sites is 1. The molecule has 4 heterocycles. The molecule has 4 aromatic rings. The normalized spacial score (nSPS) is 16.8. The first kappa shape index (κ1) is 19.0. The number of aromatic nitrogens is 5. The highest BCUT2D eigenvalue weighted by molar-refractivity contribution is 5.84. The van der Waals surface area contributed by atoms with Gasteiger partial charge in [0.1, 0.15) is 23.2 Å². The third-order valence-corrected chi connectivity index (χ3v) is 5.30. The summed E-state index contributed by atoms with van der Waals surface area (Å²) in [6.45, 7) is 1.90. The van der Waals surface area contributed by atoms with Gasteiger partial charge in [0.2, 0.25) is 0 Å². The molecule has 2 unspecified atom stereocenters. The Balaban J connectivity index is 1.71. The summed E-state index contributed by atoms with van der Waals surface area (Å²) < 4.78 is 21.3. The molecule has 1 aliphatic heterocycles. The largest absolute Gasteiger partial charge is 0.479 e. The molecule has 0 radical (unpaired) electrons. The summed E-state index contributed by atoms with van der Waals surface area (Å²) in [5, 5.41) is 0. The molecule has 0 amide bonds. The van der Waals surface area contributed by atoms with Gasteiger partial charge in [0.05, 0.1) is 19.5 Å². The number of nitrogens with one attached hydrogen (secondary N) is 1. The van der Waals surface area contributed by atoms with Crippen LogP contribution in [0.4, 0.5) is 10.2 Å². The zero-order valence-electron chi connectivity index (χ0n) is 16.8. The number of nitrogens with zero attached hydrogens (tertiary/aromatic N) is 6. The summed E-state index contributed by atoms with van der Waals surface area (Å²) in [5.41, 5.74) is 14.9. The number of aliphatic imine (C=N–C) groups is 1. The molecule has 0 saturated carbocycles. The van der Waals surface area contributed by atoms with E-state index in [2.05, 4.69) is 24.9 Å². The Kier molecular flexibility index (Phi) is 4.33. The number of fused-ring (bicyclic) bond motifs is 2. The van der Waals surface area contributed by atoms with Crippen LogP contribution in [0.15, 0.2) is 47.7 Å². The van der Waals surface area contributed by atoms with Crippen LogP contribution in [0.2, 0.25) is 0 Å². The highest BCUT2D eigenvalue weighted by Gasteiger charge is 2.35. The van der Waals surface area contributed by atoms with Gasteiger partial charge in [-0.3, -0.25) is 4.57 Å². The van der Waals surface area contributed by atoms with Crippen LogP contribution >= 0.6 is 0 Å². The predicted molar refractivity (Wildman–Crippen MR) is 112 cm³/mol. The van der Waals surface area contributed by atoms with Gasteiger partial charge in [0.15, 0.2) is 23.2 Å². The van der Waals surface area contributed by atoms with E-state index in [1.807, 2.05) is 41.8 Å². The van der Waals surface area contributed by atoms with E-state index < -0.39 is 18.0 Å². The number of ether oxygens (including phenoxy) is 1. The van der Waals surface area contributed by atoms with Crippen LogP contribution in [-0.4, -0.2) is 42.5 Å². The van der Waals surface area contributed by atoms with Gasteiger partial charge in [-0.15, -0.1) is 0 Å². The second-order valence-corrected chi connectivity index (χ2v) is 7.10. The van der Waals surface area contributed by atoms with Crippen molar-refractivity contribution in [1.82, 2.24) is 29.4 Å². The van der Waals surface area contributed by atoms with Gasteiger partial charge >= 0.3 is 0 Å². The molecule has 2 atom stereocenters. The van der Waals surface area contributed by atoms with Gasteiger partial charge in [0.25, 0.3) is 5.88 Å². The first-order chi connectivity index (χ1) is 15.0.